The fraction of sp³-hybridized carbons (Fsp3) is 0.345. The Kier molecular flexibility index (Phi) is 19.4. The van der Waals surface area contributed by atoms with Crippen molar-refractivity contribution in [2.45, 2.75) is 102 Å². The van der Waals surface area contributed by atoms with E-state index < -0.39 is 55.4 Å². The predicted molar refractivity (Wildman–Crippen MR) is 247 cm³/mol. The van der Waals surface area contributed by atoms with Crippen molar-refractivity contribution in [2.24, 2.45) is 5.92 Å². The summed E-state index contributed by atoms with van der Waals surface area (Å²) in [6, 6.07) is 58.2. The smallest absolute Gasteiger partial charge is 0.228 e. The summed E-state index contributed by atoms with van der Waals surface area (Å²) >= 11 is 0. The van der Waals surface area contributed by atoms with E-state index in [-0.39, 0.29) is 32.3 Å². The van der Waals surface area contributed by atoms with E-state index in [4.69, 9.17) is 37.9 Å². The summed E-state index contributed by atoms with van der Waals surface area (Å²) in [4.78, 5) is 0. The first kappa shape index (κ1) is 48.7. The molecule has 2 aliphatic heterocycles. The van der Waals surface area contributed by atoms with E-state index >= 15 is 8.78 Å². The van der Waals surface area contributed by atoms with Crippen LogP contribution in [0.25, 0.3) is 0 Å². The number of halogens is 2. The number of aliphatic hydroxyl groups excluding tert-OH is 1. The number of ether oxygens (including phenoxy) is 8. The maximum atomic E-state index is 15.2. The third kappa shape index (κ3) is 14.9. The monoisotopic (exact) mass is 902 g/mol. The van der Waals surface area contributed by atoms with Crippen LogP contribution in [0.5, 0.6) is 0 Å². The standard InChI is InChI=1S/C28H31FO4.C27H29FO5/c1-21-25(20-30-17-22-11-5-2-6-12-22)33-28(29)27(32-19-24-15-9-4-10-16-24)26(21)31-18-23-13-7-3-8-14-23;28-27-26(32-18-22-14-8-3-9-15-22)25(31-17-21-12-6-2-7-13-21)24(29)23(33-27)19-30-16-20-10-4-1-5-11-20/h2-16,21,25-28H,17-20H2,1H3;1-15,23-27,29H,16-19H2/t21-,25?,26+,27?,28?;23?,24-,25+,26?,27?/m00/s1. The van der Waals surface area contributed by atoms with Crippen molar-refractivity contribution >= 4 is 0 Å². The molecule has 1 N–H and O–H groups in total. The molecule has 8 rings (SSSR count). The number of rotatable bonds is 20. The molecule has 10 atom stereocenters. The molecule has 6 aromatic carbocycles. The molecule has 0 aliphatic carbocycles. The number of alkyl halides is 2. The van der Waals surface area contributed by atoms with Crippen molar-refractivity contribution in [3.8, 4) is 0 Å². The highest BCUT2D eigenvalue weighted by atomic mass is 19.2. The number of aliphatic hydroxyl groups is 1. The molecular weight excluding hydrogens is 843 g/mol. The zero-order valence-electron chi connectivity index (χ0n) is 37.2. The second-order valence-electron chi connectivity index (χ2n) is 16.4. The van der Waals surface area contributed by atoms with Gasteiger partial charge in [-0.05, 0) is 33.4 Å². The third-order valence-corrected chi connectivity index (χ3v) is 11.5. The van der Waals surface area contributed by atoms with Gasteiger partial charge in [0.2, 0.25) is 12.7 Å². The molecule has 0 aromatic heterocycles. The predicted octanol–water partition coefficient (Wildman–Crippen LogP) is 10.1. The van der Waals surface area contributed by atoms with Crippen LogP contribution < -0.4 is 0 Å². The summed E-state index contributed by atoms with van der Waals surface area (Å²) in [7, 11) is 0. The summed E-state index contributed by atoms with van der Waals surface area (Å²) in [5, 5.41) is 11.0. The van der Waals surface area contributed by atoms with Crippen LogP contribution in [-0.2, 0) is 77.5 Å². The second kappa shape index (κ2) is 26.2. The highest BCUT2D eigenvalue weighted by Crippen LogP contribution is 2.33. The topological polar surface area (TPSA) is 94.1 Å². The van der Waals surface area contributed by atoms with Crippen molar-refractivity contribution in [1.29, 1.82) is 0 Å². The van der Waals surface area contributed by atoms with Gasteiger partial charge < -0.3 is 43.0 Å². The highest BCUT2D eigenvalue weighted by molar-refractivity contribution is 5.17. The molecule has 2 aliphatic rings. The second-order valence-corrected chi connectivity index (χ2v) is 16.4. The van der Waals surface area contributed by atoms with Gasteiger partial charge in [-0.25, -0.2) is 8.78 Å². The van der Waals surface area contributed by atoms with Crippen LogP contribution >= 0.6 is 0 Å². The SMILES string of the molecule is C[C@H]1C(COCc2ccccc2)OC(F)C(OCc2ccccc2)[C@@H]1OCc1ccccc1.O[C@H]1C(COCc2ccccc2)OC(F)C(OCc2ccccc2)[C@@H]1OCc1ccccc1. The van der Waals surface area contributed by atoms with Gasteiger partial charge >= 0.3 is 0 Å². The van der Waals surface area contributed by atoms with E-state index in [1.165, 1.54) is 0 Å². The Hall–Kier alpha value is -5.18. The van der Waals surface area contributed by atoms with Crippen LogP contribution in [0, 0.1) is 5.92 Å². The highest BCUT2D eigenvalue weighted by Gasteiger charge is 2.48. The molecule has 2 heterocycles. The molecule has 2 fully saturated rings. The van der Waals surface area contributed by atoms with Gasteiger partial charge in [0, 0.05) is 5.92 Å². The van der Waals surface area contributed by atoms with Gasteiger partial charge in [0.05, 0.1) is 65.1 Å². The lowest BCUT2D eigenvalue weighted by Gasteiger charge is -2.42. The Morgan fingerprint density at radius 3 is 1.02 bits per heavy atom. The van der Waals surface area contributed by atoms with Crippen LogP contribution in [0.1, 0.15) is 40.3 Å². The Labute approximate surface area is 387 Å². The Morgan fingerprint density at radius 2 is 0.652 bits per heavy atom. The van der Waals surface area contributed by atoms with Gasteiger partial charge in [-0.15, -0.1) is 0 Å². The minimum Gasteiger partial charge on any atom is -0.387 e. The van der Waals surface area contributed by atoms with Crippen molar-refractivity contribution in [3.63, 3.8) is 0 Å². The first-order chi connectivity index (χ1) is 32.4. The summed E-state index contributed by atoms with van der Waals surface area (Å²) in [6.07, 6.45) is -9.06. The maximum absolute atomic E-state index is 15.2. The lowest BCUT2D eigenvalue weighted by molar-refractivity contribution is -0.289. The van der Waals surface area contributed by atoms with Gasteiger partial charge in [-0.2, -0.15) is 0 Å². The van der Waals surface area contributed by atoms with E-state index in [9.17, 15) is 5.11 Å². The first-order valence-electron chi connectivity index (χ1n) is 22.5. The van der Waals surface area contributed by atoms with E-state index in [1.807, 2.05) is 189 Å². The van der Waals surface area contributed by atoms with Crippen molar-refractivity contribution in [3.05, 3.63) is 215 Å². The maximum Gasteiger partial charge on any atom is 0.228 e. The molecule has 0 amide bonds. The van der Waals surface area contributed by atoms with Gasteiger partial charge in [0.15, 0.2) is 0 Å². The Balaban J connectivity index is 0.000000196. The minimum absolute atomic E-state index is 0.0348. The van der Waals surface area contributed by atoms with Gasteiger partial charge in [-0.1, -0.05) is 189 Å². The lowest BCUT2D eigenvalue weighted by Crippen LogP contribution is -2.59. The molecule has 0 bridgehead atoms. The normalized spacial score (nSPS) is 25.1. The number of benzene rings is 6. The molecule has 0 radical (unpaired) electrons. The number of hydrogen-bond acceptors (Lipinski definition) is 9. The van der Waals surface area contributed by atoms with E-state index in [1.54, 1.807) is 0 Å². The largest absolute Gasteiger partial charge is 0.387 e. The fourth-order valence-electron chi connectivity index (χ4n) is 7.82. The molecule has 348 valence electrons. The Morgan fingerprint density at radius 1 is 0.379 bits per heavy atom. The quantitative estimate of drug-likeness (QED) is 0.0804. The van der Waals surface area contributed by atoms with Crippen LogP contribution in [0.4, 0.5) is 8.78 Å². The van der Waals surface area contributed by atoms with E-state index in [0.717, 1.165) is 33.4 Å². The molecule has 0 spiro atoms. The van der Waals surface area contributed by atoms with Crippen LogP contribution in [0.2, 0.25) is 0 Å². The van der Waals surface area contributed by atoms with E-state index in [2.05, 4.69) is 0 Å². The lowest BCUT2D eigenvalue weighted by atomic mass is 9.90. The summed E-state index contributed by atoms with van der Waals surface area (Å²) in [6.45, 7) is 4.20. The molecule has 0 saturated carbocycles. The van der Waals surface area contributed by atoms with Crippen LogP contribution in [0.15, 0.2) is 182 Å². The average molecular weight is 903 g/mol. The summed E-state index contributed by atoms with van der Waals surface area (Å²) in [5.41, 5.74) is 5.89. The third-order valence-electron chi connectivity index (χ3n) is 11.5. The molecule has 66 heavy (non-hydrogen) atoms. The van der Waals surface area contributed by atoms with Crippen LogP contribution in [0.3, 0.4) is 0 Å². The van der Waals surface area contributed by atoms with Crippen molar-refractivity contribution in [2.75, 3.05) is 13.2 Å². The van der Waals surface area contributed by atoms with Crippen LogP contribution in [-0.4, -0.2) is 73.8 Å². The number of hydrogen-bond donors (Lipinski definition) is 1. The van der Waals surface area contributed by atoms with Crippen molar-refractivity contribution in [1.82, 2.24) is 0 Å². The molecule has 9 nitrogen and oxygen atoms in total. The molecule has 2 saturated heterocycles. The van der Waals surface area contributed by atoms with E-state index in [0.29, 0.717) is 26.4 Å². The molecule has 6 unspecified atom stereocenters. The molecular formula is C55H60F2O9. The first-order valence-corrected chi connectivity index (χ1v) is 22.5. The zero-order chi connectivity index (χ0) is 45.8. The van der Waals surface area contributed by atoms with Crippen molar-refractivity contribution < 1.29 is 51.8 Å². The molecule has 6 aromatic rings. The zero-order valence-corrected chi connectivity index (χ0v) is 37.2. The molecule has 11 heteroatoms. The average Bonchev–Trinajstić information content (AvgIpc) is 3.36. The van der Waals surface area contributed by atoms with Gasteiger partial charge in [0.25, 0.3) is 0 Å². The summed E-state index contributed by atoms with van der Waals surface area (Å²) in [5.74, 6) is -0.114. The van der Waals surface area contributed by atoms with Gasteiger partial charge in [0.1, 0.15) is 30.5 Å². The van der Waals surface area contributed by atoms with Gasteiger partial charge in [-0.3, -0.25) is 0 Å². The summed E-state index contributed by atoms with van der Waals surface area (Å²) < 4.78 is 77.2. The fourth-order valence-corrected chi connectivity index (χ4v) is 7.82. The Bertz CT molecular complexity index is 2040. The minimum atomic E-state index is -1.76.